The van der Waals surface area contributed by atoms with E-state index in [0.717, 1.165) is 46.6 Å². The van der Waals surface area contributed by atoms with E-state index in [9.17, 15) is 21.7 Å². The lowest BCUT2D eigenvalue weighted by Gasteiger charge is -2.35. The molecule has 1 N–H and O–H groups in total. The van der Waals surface area contributed by atoms with Crippen LogP contribution in [-0.2, 0) is 32.0 Å². The second-order valence-corrected chi connectivity index (χ2v) is 19.7. The zero-order chi connectivity index (χ0) is 35.4. The van der Waals surface area contributed by atoms with E-state index in [1.165, 1.54) is 5.56 Å². The number of hydrogen-bond acceptors (Lipinski definition) is 5. The Kier molecular flexibility index (Phi) is 11.0. The van der Waals surface area contributed by atoms with E-state index in [-0.39, 0.29) is 17.7 Å². The van der Waals surface area contributed by atoms with Gasteiger partial charge in [-0.2, -0.15) is 4.58 Å². The Morgan fingerprint density at radius 1 is 1.02 bits per heavy atom. The summed E-state index contributed by atoms with van der Waals surface area (Å²) in [6, 6.07) is 12.4. The lowest BCUT2D eigenvalue weighted by molar-refractivity contribution is -0.881. The summed E-state index contributed by atoms with van der Waals surface area (Å²) in [5, 5.41) is 0.670. The zero-order valence-electron chi connectivity index (χ0n) is 27.9. The molecule has 0 spiro atoms. The molecule has 0 aromatic heterocycles. The van der Waals surface area contributed by atoms with E-state index in [1.807, 2.05) is 29.2 Å². The number of rotatable bonds is 9. The normalized spacial score (nSPS) is 22.3. The van der Waals surface area contributed by atoms with Crippen molar-refractivity contribution in [3.8, 4) is 0 Å². The minimum absolute atomic E-state index is 0.0627. The maximum atomic E-state index is 11.7. The lowest BCUT2D eigenvalue weighted by atomic mass is 9.81. The molecule has 0 radical (unpaired) electrons. The number of hydrogen-bond donors (Lipinski definition) is 1. The average molecular weight is 937 g/mol. The van der Waals surface area contributed by atoms with Crippen molar-refractivity contribution < 1.29 is 30.8 Å². The summed E-state index contributed by atoms with van der Waals surface area (Å²) in [5.74, 6) is -0.365. The molecule has 0 saturated heterocycles. The molecule has 5 rings (SSSR count). The maximum Gasteiger partial charge on any atom is 0.209 e. The van der Waals surface area contributed by atoms with Crippen LogP contribution < -0.4 is 4.90 Å². The number of nitrogens with zero attached hydrogens (tertiary/aromatic N) is 3. The molecule has 8 nitrogen and oxygen atoms in total. The summed E-state index contributed by atoms with van der Waals surface area (Å²) in [4.78, 5) is 1.95. The van der Waals surface area contributed by atoms with Crippen LogP contribution in [-0.4, -0.2) is 88.3 Å². The third kappa shape index (κ3) is 7.90. The van der Waals surface area contributed by atoms with Crippen molar-refractivity contribution in [2.24, 2.45) is 0 Å². The fraction of sp³-hybridized carbons (Fsp3) is 0.400. The van der Waals surface area contributed by atoms with Gasteiger partial charge in [-0.3, -0.25) is 0 Å². The Morgan fingerprint density at radius 3 is 2.31 bits per heavy atom. The molecule has 48 heavy (non-hydrogen) atoms. The van der Waals surface area contributed by atoms with Crippen LogP contribution in [0.4, 0.5) is 11.4 Å². The molecule has 2 aromatic carbocycles. The predicted molar refractivity (Wildman–Crippen MR) is 212 cm³/mol. The number of benzene rings is 2. The third-order valence-electron chi connectivity index (χ3n) is 9.41. The van der Waals surface area contributed by atoms with Crippen LogP contribution in [0.1, 0.15) is 38.8 Å². The predicted octanol–water partition coefficient (Wildman–Crippen LogP) is 6.79. The zero-order valence-corrected chi connectivity index (χ0v) is 34.6. The molecule has 1 unspecified atom stereocenters. The van der Waals surface area contributed by atoms with E-state index in [4.69, 9.17) is 11.6 Å². The largest absolute Gasteiger partial charge is 0.748 e. The number of likely N-dealkylation sites (N-methyl/N-ethyl adjacent to an activating group) is 1. The quantitative estimate of drug-likeness (QED) is 0.0979. The van der Waals surface area contributed by atoms with Gasteiger partial charge < -0.3 is 18.5 Å². The standard InChI is InChI=1S/C35H40ClI2N3O5S2/c1-34(2)27-19-25(37)9-11-29(27)39(15-17-47(42)43)31(34)13-7-23-21-41(5,6)22-24(33(23)36)8-14-32-35(3,4)28-20-26(38)10-12-30(28)40(32)16-18-48(44,45)46/h7-14,19-20H,15-18,21-22H2,1-6H3/p+1. The summed E-state index contributed by atoms with van der Waals surface area (Å²) in [7, 11) is -0.0894. The van der Waals surface area contributed by atoms with E-state index < -0.39 is 32.4 Å². The summed E-state index contributed by atoms with van der Waals surface area (Å²) in [6.07, 6.45) is 8.26. The van der Waals surface area contributed by atoms with Crippen molar-refractivity contribution in [3.05, 3.63) is 101 Å². The van der Waals surface area contributed by atoms with Gasteiger partial charge >= 0.3 is 0 Å². The molecule has 0 saturated carbocycles. The fourth-order valence-electron chi connectivity index (χ4n) is 7.08. The topological polar surface area (TPSA) is 101 Å². The molecule has 3 aliphatic heterocycles. The summed E-state index contributed by atoms with van der Waals surface area (Å²) >= 11 is 9.87. The van der Waals surface area contributed by atoms with Gasteiger partial charge in [0.25, 0.3) is 0 Å². The molecule has 0 bridgehead atoms. The maximum absolute atomic E-state index is 11.7. The van der Waals surface area contributed by atoms with Gasteiger partial charge in [0.15, 0.2) is 23.3 Å². The first-order valence-electron chi connectivity index (χ1n) is 15.6. The molecular weight excluding hydrogens is 896 g/mol. The molecule has 3 aliphatic rings. The summed E-state index contributed by atoms with van der Waals surface area (Å²) < 4.78 is 61.3. The molecule has 1 atom stereocenters. The Morgan fingerprint density at radius 2 is 1.67 bits per heavy atom. The van der Waals surface area contributed by atoms with E-state index >= 15 is 0 Å². The van der Waals surface area contributed by atoms with Crippen LogP contribution in [0.3, 0.4) is 0 Å². The third-order valence-corrected chi connectivity index (χ3v) is 12.4. The first-order chi connectivity index (χ1) is 22.2. The van der Waals surface area contributed by atoms with Crippen molar-refractivity contribution in [2.45, 2.75) is 38.5 Å². The number of fused-ring (bicyclic) bond motifs is 2. The van der Waals surface area contributed by atoms with Gasteiger partial charge in [0.05, 0.1) is 40.4 Å². The number of halogens is 3. The van der Waals surface area contributed by atoms with Gasteiger partial charge in [0.1, 0.15) is 18.8 Å². The van der Waals surface area contributed by atoms with Crippen LogP contribution in [0.5, 0.6) is 0 Å². The molecule has 2 aromatic rings. The van der Waals surface area contributed by atoms with E-state index in [0.29, 0.717) is 29.1 Å². The first kappa shape index (κ1) is 37.8. The molecular formula is C35H41ClI2N3O5S2+. The molecule has 0 aliphatic carbocycles. The molecule has 0 fully saturated rings. The Labute approximate surface area is 319 Å². The highest BCUT2D eigenvalue weighted by molar-refractivity contribution is 14.1. The minimum Gasteiger partial charge on any atom is -0.748 e. The lowest BCUT2D eigenvalue weighted by Crippen LogP contribution is -2.45. The number of anilines is 1. The van der Waals surface area contributed by atoms with E-state index in [2.05, 4.69) is 128 Å². The Bertz CT molecular complexity index is 1960. The second kappa shape index (κ2) is 14.0. The van der Waals surface area contributed by atoms with Crippen LogP contribution in [0.15, 0.2) is 82.6 Å². The number of quaternary nitrogens is 1. The molecule has 3 heterocycles. The average Bonchev–Trinajstić information content (AvgIpc) is 3.31. The Balaban J connectivity index is 1.57. The van der Waals surface area contributed by atoms with E-state index in [1.54, 1.807) is 0 Å². The molecule has 0 amide bonds. The second-order valence-electron chi connectivity index (χ2n) is 14.2. The van der Waals surface area contributed by atoms with Crippen LogP contribution in [0.2, 0.25) is 0 Å². The highest BCUT2D eigenvalue weighted by atomic mass is 127. The summed E-state index contributed by atoms with van der Waals surface area (Å²) in [6.45, 7) is 10.5. The monoisotopic (exact) mass is 936 g/mol. The van der Waals surface area contributed by atoms with Crippen molar-refractivity contribution in [1.82, 2.24) is 0 Å². The van der Waals surface area contributed by atoms with Crippen molar-refractivity contribution in [3.63, 3.8) is 0 Å². The van der Waals surface area contributed by atoms with Gasteiger partial charge in [-0.15, -0.1) is 0 Å². The van der Waals surface area contributed by atoms with Gasteiger partial charge in [-0.1, -0.05) is 31.5 Å². The SMILES string of the molecule is CC1(C)C(/C=C/C2=C(Cl)C(=C/C=C3/N(CCS(=O)(=O)[O-])c4ccc(I)cc4C3(C)C)/C[N+](C)(C)C2)=[N+](CCS(=O)O)c2ccc(I)cc21. The minimum atomic E-state index is -4.41. The van der Waals surface area contributed by atoms with Crippen molar-refractivity contribution in [2.75, 3.05) is 56.7 Å². The van der Waals surface area contributed by atoms with Crippen LogP contribution in [0.25, 0.3) is 0 Å². The van der Waals surface area contributed by atoms with Crippen molar-refractivity contribution >= 4 is 95.1 Å². The summed E-state index contributed by atoms with van der Waals surface area (Å²) in [5.41, 5.74) is 7.31. The van der Waals surface area contributed by atoms with Gasteiger partial charge in [0, 0.05) is 59.3 Å². The Hall–Kier alpha value is -1.40. The number of allylic oxidation sites excluding steroid dienone is 4. The van der Waals surface area contributed by atoms with Crippen LogP contribution >= 0.6 is 56.8 Å². The smallest absolute Gasteiger partial charge is 0.209 e. The highest BCUT2D eigenvalue weighted by Gasteiger charge is 2.45. The van der Waals surface area contributed by atoms with Crippen LogP contribution in [0, 0.1) is 7.14 Å². The molecule has 258 valence electrons. The molecule has 13 heteroatoms. The van der Waals surface area contributed by atoms with Crippen molar-refractivity contribution in [1.29, 1.82) is 0 Å². The van der Waals surface area contributed by atoms with Gasteiger partial charge in [0.2, 0.25) is 5.69 Å². The van der Waals surface area contributed by atoms with Gasteiger partial charge in [-0.25, -0.2) is 12.6 Å². The fourth-order valence-corrected chi connectivity index (χ4v) is 9.06. The van der Waals surface area contributed by atoms with Gasteiger partial charge in [-0.05, 0) is 107 Å². The first-order valence-corrected chi connectivity index (χ1v) is 20.9. The highest BCUT2D eigenvalue weighted by Crippen LogP contribution is 2.48.